The Hall–Kier alpha value is -2.78. The number of amides is 2. The fraction of sp³-hybridized carbons (Fsp3) is 0.545. The van der Waals surface area contributed by atoms with Gasteiger partial charge in [0, 0.05) is 52.5 Å². The van der Waals surface area contributed by atoms with Crippen molar-refractivity contribution in [2.75, 3.05) is 74.3 Å². The second kappa shape index (κ2) is 12.8. The van der Waals surface area contributed by atoms with Crippen molar-refractivity contribution in [1.29, 1.82) is 0 Å². The van der Waals surface area contributed by atoms with Gasteiger partial charge in [-0.1, -0.05) is 0 Å². The van der Waals surface area contributed by atoms with E-state index in [2.05, 4.69) is 10.2 Å². The second-order valence-corrected chi connectivity index (χ2v) is 7.09. The maximum atomic E-state index is 12.6. The number of piperazine rings is 1. The molecular formula is C22H33N3O6. The Labute approximate surface area is 183 Å². The van der Waals surface area contributed by atoms with Gasteiger partial charge in [0.2, 0.25) is 17.6 Å². The lowest BCUT2D eigenvalue weighted by Crippen LogP contribution is -2.50. The summed E-state index contributed by atoms with van der Waals surface area (Å²) in [7, 11) is 6.29. The van der Waals surface area contributed by atoms with Gasteiger partial charge in [-0.3, -0.25) is 14.5 Å². The van der Waals surface area contributed by atoms with Crippen molar-refractivity contribution in [3.63, 3.8) is 0 Å². The van der Waals surface area contributed by atoms with Crippen molar-refractivity contribution in [2.24, 2.45) is 0 Å². The molecule has 1 N–H and O–H groups in total. The molecule has 31 heavy (non-hydrogen) atoms. The minimum atomic E-state index is -0.0718. The summed E-state index contributed by atoms with van der Waals surface area (Å²) in [5.74, 6) is 1.49. The fourth-order valence-corrected chi connectivity index (χ4v) is 3.30. The number of benzene rings is 1. The lowest BCUT2D eigenvalue weighted by molar-refractivity contribution is -0.128. The van der Waals surface area contributed by atoms with E-state index in [4.69, 9.17) is 18.9 Å². The molecule has 0 saturated carbocycles. The van der Waals surface area contributed by atoms with Crippen LogP contribution in [0.2, 0.25) is 0 Å². The fourth-order valence-electron chi connectivity index (χ4n) is 3.30. The summed E-state index contributed by atoms with van der Waals surface area (Å²) in [4.78, 5) is 28.4. The normalized spacial score (nSPS) is 14.5. The first kappa shape index (κ1) is 24.5. The molecule has 1 saturated heterocycles. The largest absolute Gasteiger partial charge is 0.493 e. The van der Waals surface area contributed by atoms with Gasteiger partial charge in [0.25, 0.3) is 0 Å². The van der Waals surface area contributed by atoms with Crippen LogP contribution < -0.4 is 19.5 Å². The number of rotatable bonds is 11. The van der Waals surface area contributed by atoms with Crippen molar-refractivity contribution in [2.45, 2.75) is 6.42 Å². The molecule has 2 amide bonds. The highest BCUT2D eigenvalue weighted by Crippen LogP contribution is 2.38. The predicted molar refractivity (Wildman–Crippen MR) is 118 cm³/mol. The standard InChI is InChI=1S/C22H33N3O6/c1-28-13-5-8-23-20(26)16-24-9-11-25(12-10-24)21(27)7-6-17-14-18(29-2)22(31-4)19(15-17)30-3/h6-7,14-15H,5,8-13,16H2,1-4H3,(H,23,26)/b7-6+. The average molecular weight is 436 g/mol. The molecule has 1 heterocycles. The van der Waals surface area contributed by atoms with E-state index in [1.54, 1.807) is 57.6 Å². The molecular weight excluding hydrogens is 402 g/mol. The molecule has 2 rings (SSSR count). The number of hydrogen-bond acceptors (Lipinski definition) is 7. The van der Waals surface area contributed by atoms with Crippen LogP contribution >= 0.6 is 0 Å². The van der Waals surface area contributed by atoms with E-state index in [0.29, 0.717) is 63.1 Å². The third-order valence-electron chi connectivity index (χ3n) is 5.00. The van der Waals surface area contributed by atoms with Crippen molar-refractivity contribution in [3.05, 3.63) is 23.8 Å². The number of ether oxygens (including phenoxy) is 4. The number of nitrogens with one attached hydrogen (secondary N) is 1. The molecule has 172 valence electrons. The average Bonchev–Trinajstić information content (AvgIpc) is 2.79. The van der Waals surface area contributed by atoms with Crippen molar-refractivity contribution in [1.82, 2.24) is 15.1 Å². The smallest absolute Gasteiger partial charge is 0.246 e. The zero-order valence-corrected chi connectivity index (χ0v) is 18.8. The molecule has 0 spiro atoms. The quantitative estimate of drug-likeness (QED) is 0.410. The van der Waals surface area contributed by atoms with Gasteiger partial charge < -0.3 is 29.2 Å². The number of nitrogens with zero attached hydrogens (tertiary/aromatic N) is 2. The molecule has 1 aliphatic heterocycles. The van der Waals surface area contributed by atoms with Gasteiger partial charge >= 0.3 is 0 Å². The number of hydrogen-bond donors (Lipinski definition) is 1. The zero-order valence-electron chi connectivity index (χ0n) is 18.8. The molecule has 0 aliphatic carbocycles. The number of carbonyl (C=O) groups is 2. The summed E-state index contributed by atoms with van der Waals surface area (Å²) in [6.07, 6.45) is 4.06. The molecule has 1 aromatic rings. The monoisotopic (exact) mass is 435 g/mol. The molecule has 9 heteroatoms. The molecule has 1 aliphatic rings. The Bertz CT molecular complexity index is 735. The van der Waals surface area contributed by atoms with Crippen molar-refractivity contribution < 1.29 is 28.5 Å². The maximum absolute atomic E-state index is 12.6. The van der Waals surface area contributed by atoms with E-state index in [1.165, 1.54) is 0 Å². The minimum absolute atomic E-state index is 0.00169. The summed E-state index contributed by atoms with van der Waals surface area (Å²) in [6, 6.07) is 3.57. The summed E-state index contributed by atoms with van der Waals surface area (Å²) in [5.41, 5.74) is 0.770. The van der Waals surface area contributed by atoms with Crippen LogP contribution in [-0.2, 0) is 14.3 Å². The lowest BCUT2D eigenvalue weighted by atomic mass is 10.1. The van der Waals surface area contributed by atoms with Gasteiger partial charge in [0.1, 0.15) is 0 Å². The molecule has 1 aromatic carbocycles. The first-order valence-corrected chi connectivity index (χ1v) is 10.3. The summed E-state index contributed by atoms with van der Waals surface area (Å²) in [6.45, 7) is 4.06. The SMILES string of the molecule is COCCCNC(=O)CN1CCN(C(=O)/C=C/c2cc(OC)c(OC)c(OC)c2)CC1. The first-order chi connectivity index (χ1) is 15.0. The molecule has 9 nitrogen and oxygen atoms in total. The number of carbonyl (C=O) groups excluding carboxylic acids is 2. The van der Waals surface area contributed by atoms with Gasteiger partial charge in [0.15, 0.2) is 11.5 Å². The molecule has 0 unspecified atom stereocenters. The van der Waals surface area contributed by atoms with Crippen LogP contribution in [0.5, 0.6) is 17.2 Å². The van der Waals surface area contributed by atoms with Crippen LogP contribution in [0, 0.1) is 0 Å². The van der Waals surface area contributed by atoms with E-state index in [9.17, 15) is 9.59 Å². The third-order valence-corrected chi connectivity index (χ3v) is 5.00. The van der Waals surface area contributed by atoms with Crippen LogP contribution in [0.25, 0.3) is 6.08 Å². The highest BCUT2D eigenvalue weighted by molar-refractivity contribution is 5.92. The lowest BCUT2D eigenvalue weighted by Gasteiger charge is -2.33. The first-order valence-electron chi connectivity index (χ1n) is 10.3. The maximum Gasteiger partial charge on any atom is 0.246 e. The van der Waals surface area contributed by atoms with E-state index in [1.807, 2.05) is 0 Å². The molecule has 0 atom stereocenters. The number of methoxy groups -OCH3 is 4. The highest BCUT2D eigenvalue weighted by Gasteiger charge is 2.21. The summed E-state index contributed by atoms with van der Waals surface area (Å²) >= 11 is 0. The molecule has 0 bridgehead atoms. The van der Waals surface area contributed by atoms with Crippen LogP contribution in [0.15, 0.2) is 18.2 Å². The van der Waals surface area contributed by atoms with Gasteiger partial charge in [-0.25, -0.2) is 0 Å². The van der Waals surface area contributed by atoms with Crippen molar-refractivity contribution in [3.8, 4) is 17.2 Å². The Balaban J connectivity index is 1.85. The van der Waals surface area contributed by atoms with Gasteiger partial charge in [0.05, 0.1) is 27.9 Å². The molecule has 1 fully saturated rings. The van der Waals surface area contributed by atoms with E-state index in [-0.39, 0.29) is 11.8 Å². The predicted octanol–water partition coefficient (Wildman–Crippen LogP) is 1.02. The Morgan fingerprint density at radius 3 is 2.19 bits per heavy atom. The van der Waals surface area contributed by atoms with Crippen LogP contribution in [-0.4, -0.2) is 95.9 Å². The minimum Gasteiger partial charge on any atom is -0.493 e. The highest BCUT2D eigenvalue weighted by atomic mass is 16.5. The Morgan fingerprint density at radius 2 is 1.65 bits per heavy atom. The third kappa shape index (κ3) is 7.45. The van der Waals surface area contributed by atoms with Crippen LogP contribution in [0.4, 0.5) is 0 Å². The Morgan fingerprint density at radius 1 is 1.00 bits per heavy atom. The zero-order chi connectivity index (χ0) is 22.6. The van der Waals surface area contributed by atoms with E-state index >= 15 is 0 Å². The summed E-state index contributed by atoms with van der Waals surface area (Å²) in [5, 5.41) is 2.88. The second-order valence-electron chi connectivity index (χ2n) is 7.09. The Kier molecular flexibility index (Phi) is 10.1. The van der Waals surface area contributed by atoms with E-state index in [0.717, 1.165) is 12.0 Å². The van der Waals surface area contributed by atoms with Crippen LogP contribution in [0.1, 0.15) is 12.0 Å². The molecule has 0 aromatic heterocycles. The van der Waals surface area contributed by atoms with Crippen molar-refractivity contribution >= 4 is 17.9 Å². The van der Waals surface area contributed by atoms with Gasteiger partial charge in [-0.2, -0.15) is 0 Å². The van der Waals surface area contributed by atoms with E-state index < -0.39 is 0 Å². The molecule has 0 radical (unpaired) electrons. The van der Waals surface area contributed by atoms with Gasteiger partial charge in [-0.15, -0.1) is 0 Å². The van der Waals surface area contributed by atoms with Gasteiger partial charge in [-0.05, 0) is 30.2 Å². The topological polar surface area (TPSA) is 89.6 Å². The van der Waals surface area contributed by atoms with Crippen LogP contribution in [0.3, 0.4) is 0 Å². The summed E-state index contributed by atoms with van der Waals surface area (Å²) < 4.78 is 21.0.